The fourth-order valence-corrected chi connectivity index (χ4v) is 16.0. The van der Waals surface area contributed by atoms with E-state index in [1.165, 1.54) is 54.2 Å². The first-order chi connectivity index (χ1) is 39.9. The Morgan fingerprint density at radius 3 is 2.33 bits per heavy atom. The number of fused-ring (bicyclic) bond motifs is 14. The van der Waals surface area contributed by atoms with E-state index in [-0.39, 0.29) is 96.7 Å². The molecule has 4 aliphatic carbocycles. The summed E-state index contributed by atoms with van der Waals surface area (Å²) in [5.74, 6) is -1.28. The Hall–Kier alpha value is -6.63. The highest BCUT2D eigenvalue weighted by molar-refractivity contribution is 5.90. The number of aliphatic hydroxyl groups is 3. The van der Waals surface area contributed by atoms with Gasteiger partial charge in [0.1, 0.15) is 16.9 Å². The van der Waals surface area contributed by atoms with Crippen molar-refractivity contribution in [3.05, 3.63) is 199 Å². The summed E-state index contributed by atoms with van der Waals surface area (Å²) in [6, 6.07) is 40.9. The molecule has 428 valence electrons. The van der Waals surface area contributed by atoms with Gasteiger partial charge in [-0.1, -0.05) is 135 Å². The molecule has 3 aliphatic heterocycles. The number of aliphatic hydroxyl groups excluding tert-OH is 3. The number of aryl methyl sites for hydroxylation is 1. The average molecular weight is 1110 g/mol. The van der Waals surface area contributed by atoms with Gasteiger partial charge in [0.05, 0.1) is 25.4 Å². The van der Waals surface area contributed by atoms with Gasteiger partial charge in [0.2, 0.25) is 0 Å². The minimum atomic E-state index is -1.35. The quantitative estimate of drug-likeness (QED) is 0.0643. The highest BCUT2D eigenvalue weighted by atomic mass is 16.6. The maximum atomic E-state index is 15.7. The van der Waals surface area contributed by atoms with Crippen molar-refractivity contribution in [2.75, 3.05) is 26.9 Å². The minimum Gasteiger partial charge on any atom is -0.483 e. The monoisotopic (exact) mass is 1110 g/mol. The Morgan fingerprint density at radius 2 is 1.56 bits per heavy atom. The minimum absolute atomic E-state index is 0.0389. The summed E-state index contributed by atoms with van der Waals surface area (Å²) < 4.78 is 33.4. The third-order valence-corrected chi connectivity index (χ3v) is 20.3. The van der Waals surface area contributed by atoms with Crippen LogP contribution in [0.1, 0.15) is 183 Å². The third kappa shape index (κ3) is 10.3. The second kappa shape index (κ2) is 23.6. The van der Waals surface area contributed by atoms with E-state index in [4.69, 9.17) is 23.4 Å². The number of hydrogen-bond acceptors (Lipinski definition) is 11. The summed E-state index contributed by atoms with van der Waals surface area (Å²) >= 11 is 0. The molecule has 3 fully saturated rings. The van der Waals surface area contributed by atoms with E-state index in [1.54, 1.807) is 19.1 Å². The third-order valence-electron chi connectivity index (χ3n) is 20.3. The van der Waals surface area contributed by atoms with Crippen LogP contribution in [-0.2, 0) is 42.2 Å². The summed E-state index contributed by atoms with van der Waals surface area (Å²) in [5.41, 5.74) is 8.06. The van der Waals surface area contributed by atoms with Gasteiger partial charge in [-0.3, -0.25) is 4.79 Å². The van der Waals surface area contributed by atoms with Crippen LogP contribution in [0.5, 0.6) is 5.75 Å². The molecular formula is C71H78O11. The maximum absolute atomic E-state index is 15.7. The molecule has 0 radical (unpaired) electrons. The fraction of sp³-hybridized carbons (Fsp3) is 0.451. The van der Waals surface area contributed by atoms with Crippen molar-refractivity contribution in [3.63, 3.8) is 0 Å². The summed E-state index contributed by atoms with van der Waals surface area (Å²) in [7, 11) is 1.52. The first-order valence-electron chi connectivity index (χ1n) is 30.2. The van der Waals surface area contributed by atoms with Crippen LogP contribution in [-0.4, -0.2) is 65.9 Å². The molecule has 6 aromatic rings. The van der Waals surface area contributed by atoms with Gasteiger partial charge >= 0.3 is 17.6 Å². The van der Waals surface area contributed by atoms with Gasteiger partial charge in [0, 0.05) is 53.9 Å². The van der Waals surface area contributed by atoms with E-state index in [0.29, 0.717) is 47.1 Å². The number of esters is 2. The normalized spacial score (nSPS) is 27.9. The van der Waals surface area contributed by atoms with Crippen LogP contribution in [0.2, 0.25) is 0 Å². The molecule has 4 heterocycles. The van der Waals surface area contributed by atoms with Gasteiger partial charge in [0.25, 0.3) is 0 Å². The molecule has 11 nitrogen and oxygen atoms in total. The zero-order valence-corrected chi connectivity index (χ0v) is 47.7. The standard InChI is InChI=1S/C71H78O11/c1-43(40-73)55-27-21-44-19-22-46(23-20-44)56-28-26-48(47-14-12-17-53(36-47)71(32-10-5-11-33-71)52-15-6-4-7-16-52)35-51(56)38-62(75)79-66-64-61(30-29-58-60(41-74)63(69(77)80-65(58)64)50(31-34-72)42-78-3)82-70(2,67(66)81-68(55)76)54-37-49-25-24-45-13-8-9-18-57(45)59(49)39-54/h4,6-9,12-20,22-25,29-30,36,48-51,54,56,59,66-67,72-74H,5,10-11,21,26-28,31-35,37-42H2,1-3H3. The van der Waals surface area contributed by atoms with Crippen LogP contribution >= 0.6 is 0 Å². The van der Waals surface area contributed by atoms with Crippen molar-refractivity contribution in [1.82, 2.24) is 0 Å². The molecule has 2 bridgehead atoms. The molecule has 10 unspecified atom stereocenters. The molecule has 0 spiro atoms. The lowest BCUT2D eigenvalue weighted by Crippen LogP contribution is -2.58. The molecule has 3 N–H and O–H groups in total. The molecule has 7 aliphatic rings. The first kappa shape index (κ1) is 55.9. The van der Waals surface area contributed by atoms with E-state index >= 15 is 9.59 Å². The maximum Gasteiger partial charge on any atom is 0.340 e. The van der Waals surface area contributed by atoms with Gasteiger partial charge < -0.3 is 38.7 Å². The van der Waals surface area contributed by atoms with Gasteiger partial charge in [-0.2, -0.15) is 0 Å². The predicted molar refractivity (Wildman–Crippen MR) is 316 cm³/mol. The zero-order chi connectivity index (χ0) is 56.7. The number of benzene rings is 5. The molecule has 82 heavy (non-hydrogen) atoms. The van der Waals surface area contributed by atoms with Crippen molar-refractivity contribution in [3.8, 4) is 5.75 Å². The van der Waals surface area contributed by atoms with Gasteiger partial charge in [0.15, 0.2) is 12.2 Å². The van der Waals surface area contributed by atoms with Crippen molar-refractivity contribution in [2.45, 2.75) is 157 Å². The second-order valence-corrected chi connectivity index (χ2v) is 24.8. The number of allylic oxidation sites excluding steroid dienone is 1. The highest BCUT2D eigenvalue weighted by Gasteiger charge is 2.59. The summed E-state index contributed by atoms with van der Waals surface area (Å²) in [6.07, 6.45) is 12.6. The largest absolute Gasteiger partial charge is 0.483 e. The Balaban J connectivity index is 0.990. The van der Waals surface area contributed by atoms with Crippen LogP contribution in [0.25, 0.3) is 17.0 Å². The molecular weight excluding hydrogens is 1030 g/mol. The number of methoxy groups -OCH3 is 1. The average Bonchev–Trinajstić information content (AvgIpc) is 1.59. The van der Waals surface area contributed by atoms with Gasteiger partial charge in [-0.05, 0) is 170 Å². The topological polar surface area (TPSA) is 162 Å². The predicted octanol–water partition coefficient (Wildman–Crippen LogP) is 13.1. The summed E-state index contributed by atoms with van der Waals surface area (Å²) in [6.45, 7) is 2.65. The fourth-order valence-electron chi connectivity index (χ4n) is 16.0. The summed E-state index contributed by atoms with van der Waals surface area (Å²) in [5, 5.41) is 32.5. The van der Waals surface area contributed by atoms with Gasteiger partial charge in [-0.25, -0.2) is 9.59 Å². The lowest BCUT2D eigenvalue weighted by atomic mass is 9.64. The van der Waals surface area contributed by atoms with Crippen molar-refractivity contribution < 1.29 is 48.3 Å². The van der Waals surface area contributed by atoms with Gasteiger partial charge in [-0.15, -0.1) is 0 Å². The first-order valence-corrected chi connectivity index (χ1v) is 30.2. The lowest BCUT2D eigenvalue weighted by Gasteiger charge is -2.48. The van der Waals surface area contributed by atoms with Crippen LogP contribution in [0, 0.1) is 17.8 Å². The Kier molecular flexibility index (Phi) is 16.1. The Morgan fingerprint density at radius 1 is 0.780 bits per heavy atom. The second-order valence-electron chi connectivity index (χ2n) is 24.8. The van der Waals surface area contributed by atoms with Crippen molar-refractivity contribution in [1.29, 1.82) is 0 Å². The molecule has 10 atom stereocenters. The highest BCUT2D eigenvalue weighted by Crippen LogP contribution is 2.58. The number of ether oxygens (including phenoxy) is 4. The molecule has 0 saturated heterocycles. The smallest absolute Gasteiger partial charge is 0.340 e. The Bertz CT molecular complexity index is 3440. The van der Waals surface area contributed by atoms with Crippen molar-refractivity contribution in [2.24, 2.45) is 17.8 Å². The number of rotatable bonds is 11. The molecule has 1 aromatic heterocycles. The van der Waals surface area contributed by atoms with Crippen LogP contribution in [0.3, 0.4) is 0 Å². The van der Waals surface area contributed by atoms with Crippen LogP contribution in [0.15, 0.2) is 142 Å². The van der Waals surface area contributed by atoms with Crippen LogP contribution < -0.4 is 10.4 Å². The van der Waals surface area contributed by atoms with E-state index in [9.17, 15) is 20.1 Å². The van der Waals surface area contributed by atoms with Crippen molar-refractivity contribution >= 4 is 29.0 Å². The van der Waals surface area contributed by atoms with E-state index < -0.39 is 47.9 Å². The number of hydrogen-bond donors (Lipinski definition) is 3. The number of carbonyl (C=O) groups excluding carboxylic acids is 2. The van der Waals surface area contributed by atoms with Crippen LogP contribution in [0.4, 0.5) is 0 Å². The molecule has 11 heteroatoms. The SMILES string of the molecule is COCC(CCO)c1c(CO)c2ccc3c(c2oc1=O)C1OC(=O)CC2CC(c4cccc(C5(c6ccccc6)CCCCC5)c4)CCC2c2ccc(cc2)CCC(=C(C)CO)C(=O)OC1C(C)(C1CC2C=Cc4ccccc4C2C1)O3. The molecule has 13 rings (SSSR count). The molecule has 0 amide bonds. The van der Waals surface area contributed by atoms with E-state index in [0.717, 1.165) is 43.2 Å². The van der Waals surface area contributed by atoms with E-state index in [1.807, 2.05) is 6.92 Å². The zero-order valence-electron chi connectivity index (χ0n) is 47.7. The van der Waals surface area contributed by atoms with E-state index in [2.05, 4.69) is 115 Å². The molecule has 5 aromatic carbocycles. The molecule has 3 saturated carbocycles. The number of carbonyl (C=O) groups is 2. The Labute approximate surface area is 481 Å². The lowest BCUT2D eigenvalue weighted by molar-refractivity contribution is -0.199. The summed E-state index contributed by atoms with van der Waals surface area (Å²) in [4.78, 5) is 45.7.